The first-order chi connectivity index (χ1) is 9.70. The van der Waals surface area contributed by atoms with Crippen molar-refractivity contribution in [3.8, 4) is 0 Å². The van der Waals surface area contributed by atoms with Gasteiger partial charge >= 0.3 is 0 Å². The molecule has 0 aliphatic heterocycles. The van der Waals surface area contributed by atoms with E-state index in [1.54, 1.807) is 0 Å². The summed E-state index contributed by atoms with van der Waals surface area (Å²) < 4.78 is 24.3. The fourth-order valence-electron chi connectivity index (χ4n) is 1.98. The molecule has 1 saturated carbocycles. The van der Waals surface area contributed by atoms with Crippen LogP contribution >= 0.6 is 11.6 Å². The molecule has 1 fully saturated rings. The zero-order chi connectivity index (χ0) is 15.8. The molecule has 1 aromatic carbocycles. The highest BCUT2D eigenvalue weighted by molar-refractivity contribution is 7.92. The lowest BCUT2D eigenvalue weighted by molar-refractivity contribution is -0.119. The SMILES string of the molecule is CN(c1cc(Cl)ccc1C(=O)CC(=O)C1CC1)S(C)(=O)=O. The summed E-state index contributed by atoms with van der Waals surface area (Å²) >= 11 is 5.88. The largest absolute Gasteiger partial charge is 0.299 e. The van der Waals surface area contributed by atoms with Crippen LogP contribution in [0.4, 0.5) is 5.69 Å². The minimum Gasteiger partial charge on any atom is -0.299 e. The normalized spacial score (nSPS) is 14.8. The zero-order valence-electron chi connectivity index (χ0n) is 11.8. The van der Waals surface area contributed by atoms with E-state index < -0.39 is 10.0 Å². The van der Waals surface area contributed by atoms with Crippen molar-refractivity contribution in [2.45, 2.75) is 19.3 Å². The number of hydrogen-bond donors (Lipinski definition) is 0. The van der Waals surface area contributed by atoms with E-state index in [9.17, 15) is 18.0 Å². The summed E-state index contributed by atoms with van der Waals surface area (Å²) in [4.78, 5) is 24.0. The van der Waals surface area contributed by atoms with Gasteiger partial charge in [-0.2, -0.15) is 0 Å². The Morgan fingerprint density at radius 2 is 1.95 bits per heavy atom. The van der Waals surface area contributed by atoms with Crippen LogP contribution in [0.15, 0.2) is 18.2 Å². The molecule has 2 rings (SSSR count). The van der Waals surface area contributed by atoms with Crippen LogP contribution in [0.1, 0.15) is 29.6 Å². The highest BCUT2D eigenvalue weighted by Crippen LogP contribution is 2.32. The minimum atomic E-state index is -3.52. The number of anilines is 1. The highest BCUT2D eigenvalue weighted by atomic mass is 35.5. The number of hydrogen-bond acceptors (Lipinski definition) is 4. The van der Waals surface area contributed by atoms with Gasteiger partial charge in [-0.25, -0.2) is 8.42 Å². The summed E-state index contributed by atoms with van der Waals surface area (Å²) in [6.07, 6.45) is 2.51. The van der Waals surface area contributed by atoms with Gasteiger partial charge < -0.3 is 0 Å². The van der Waals surface area contributed by atoms with E-state index in [2.05, 4.69) is 0 Å². The lowest BCUT2D eigenvalue weighted by Gasteiger charge is -2.20. The van der Waals surface area contributed by atoms with Crippen molar-refractivity contribution in [3.05, 3.63) is 28.8 Å². The predicted molar refractivity (Wildman–Crippen MR) is 81.4 cm³/mol. The predicted octanol–water partition coefficient (Wildman–Crippen LogP) is 2.29. The Kier molecular flexibility index (Phi) is 4.39. The number of ketones is 2. The maximum atomic E-state index is 12.3. The molecule has 0 amide bonds. The molecule has 7 heteroatoms. The number of benzene rings is 1. The van der Waals surface area contributed by atoms with Crippen LogP contribution in [-0.4, -0.2) is 33.3 Å². The molecule has 1 aromatic rings. The Morgan fingerprint density at radius 3 is 2.48 bits per heavy atom. The minimum absolute atomic E-state index is 0.00247. The van der Waals surface area contributed by atoms with Crippen molar-refractivity contribution < 1.29 is 18.0 Å². The summed E-state index contributed by atoms with van der Waals surface area (Å²) in [6, 6.07) is 4.38. The Labute approximate surface area is 128 Å². The van der Waals surface area contributed by atoms with Gasteiger partial charge in [0.15, 0.2) is 5.78 Å². The maximum absolute atomic E-state index is 12.3. The number of Topliss-reactive ketones (excluding diaryl/α,β-unsaturated/α-hetero) is 2. The molecule has 0 aromatic heterocycles. The van der Waals surface area contributed by atoms with Crippen molar-refractivity contribution in [3.63, 3.8) is 0 Å². The quantitative estimate of drug-likeness (QED) is 0.593. The Bertz CT molecular complexity index is 695. The number of rotatable bonds is 6. The first kappa shape index (κ1) is 16.0. The van der Waals surface area contributed by atoms with Gasteiger partial charge in [-0.1, -0.05) is 11.6 Å². The summed E-state index contributed by atoms with van der Waals surface area (Å²) in [5.41, 5.74) is 0.389. The molecule has 5 nitrogen and oxygen atoms in total. The molecule has 1 aliphatic rings. The van der Waals surface area contributed by atoms with Crippen molar-refractivity contribution in [2.24, 2.45) is 5.92 Å². The number of carbonyl (C=O) groups is 2. The molecular formula is C14H16ClNO4S. The fourth-order valence-corrected chi connectivity index (χ4v) is 2.66. The third-order valence-corrected chi connectivity index (χ3v) is 4.89. The second-order valence-electron chi connectivity index (χ2n) is 5.23. The van der Waals surface area contributed by atoms with Gasteiger partial charge in [0, 0.05) is 23.6 Å². The summed E-state index contributed by atoms with van der Waals surface area (Å²) in [5.74, 6) is -0.464. The molecule has 114 valence electrons. The van der Waals surface area contributed by atoms with Gasteiger partial charge in [-0.3, -0.25) is 13.9 Å². The average molecular weight is 330 g/mol. The average Bonchev–Trinajstić information content (AvgIpc) is 3.20. The molecule has 21 heavy (non-hydrogen) atoms. The van der Waals surface area contributed by atoms with Crippen LogP contribution < -0.4 is 4.31 Å². The van der Waals surface area contributed by atoms with E-state index in [-0.39, 0.29) is 35.2 Å². The van der Waals surface area contributed by atoms with E-state index >= 15 is 0 Å². The van der Waals surface area contributed by atoms with Crippen LogP contribution in [0.2, 0.25) is 5.02 Å². The molecule has 0 bridgehead atoms. The molecular weight excluding hydrogens is 314 g/mol. The molecule has 0 heterocycles. The van der Waals surface area contributed by atoms with Gasteiger partial charge in [0.25, 0.3) is 0 Å². The molecule has 0 radical (unpaired) electrons. The first-order valence-corrected chi connectivity index (χ1v) is 8.72. The Hall–Kier alpha value is -1.40. The van der Waals surface area contributed by atoms with Crippen LogP contribution in [0.3, 0.4) is 0 Å². The Balaban J connectivity index is 2.34. The van der Waals surface area contributed by atoms with Crippen molar-refractivity contribution in [2.75, 3.05) is 17.6 Å². The number of sulfonamides is 1. The van der Waals surface area contributed by atoms with Crippen LogP contribution in [-0.2, 0) is 14.8 Å². The van der Waals surface area contributed by atoms with Crippen molar-refractivity contribution >= 4 is 38.9 Å². The zero-order valence-corrected chi connectivity index (χ0v) is 13.4. The fraction of sp³-hybridized carbons (Fsp3) is 0.429. The van der Waals surface area contributed by atoms with E-state index in [0.717, 1.165) is 23.4 Å². The van der Waals surface area contributed by atoms with E-state index in [1.165, 1.54) is 25.2 Å². The van der Waals surface area contributed by atoms with Gasteiger partial charge in [0.2, 0.25) is 10.0 Å². The van der Waals surface area contributed by atoms with Gasteiger partial charge in [-0.15, -0.1) is 0 Å². The molecule has 1 aliphatic carbocycles. The molecule has 0 atom stereocenters. The third-order valence-electron chi connectivity index (χ3n) is 3.46. The van der Waals surface area contributed by atoms with Gasteiger partial charge in [0.05, 0.1) is 18.4 Å². The molecule has 0 unspecified atom stereocenters. The number of halogens is 1. The summed E-state index contributed by atoms with van der Waals surface area (Å²) in [6.45, 7) is 0. The number of carbonyl (C=O) groups excluding carboxylic acids is 2. The summed E-state index contributed by atoms with van der Waals surface area (Å²) in [7, 11) is -2.18. The topological polar surface area (TPSA) is 71.5 Å². The second kappa shape index (κ2) is 5.77. The van der Waals surface area contributed by atoms with Crippen molar-refractivity contribution in [1.29, 1.82) is 0 Å². The lowest BCUT2D eigenvalue weighted by atomic mass is 10.0. The highest BCUT2D eigenvalue weighted by Gasteiger charge is 2.31. The third kappa shape index (κ3) is 3.83. The molecule has 0 N–H and O–H groups in total. The summed E-state index contributed by atoms with van der Waals surface area (Å²) in [5, 5.41) is 0.325. The van der Waals surface area contributed by atoms with Crippen molar-refractivity contribution in [1.82, 2.24) is 0 Å². The van der Waals surface area contributed by atoms with Gasteiger partial charge in [-0.05, 0) is 31.0 Å². The number of nitrogens with zero attached hydrogens (tertiary/aromatic N) is 1. The van der Waals surface area contributed by atoms with Crippen LogP contribution in [0.25, 0.3) is 0 Å². The smallest absolute Gasteiger partial charge is 0.232 e. The first-order valence-electron chi connectivity index (χ1n) is 6.49. The van der Waals surface area contributed by atoms with Crippen LogP contribution in [0, 0.1) is 5.92 Å². The van der Waals surface area contributed by atoms with E-state index in [1.807, 2.05) is 0 Å². The second-order valence-corrected chi connectivity index (χ2v) is 7.68. The molecule has 0 spiro atoms. The maximum Gasteiger partial charge on any atom is 0.232 e. The lowest BCUT2D eigenvalue weighted by Crippen LogP contribution is -2.27. The monoisotopic (exact) mass is 329 g/mol. The standard InChI is InChI=1S/C14H16ClNO4S/c1-16(21(2,19)20)12-7-10(15)5-6-11(12)14(18)8-13(17)9-3-4-9/h5-7,9H,3-4,8H2,1-2H3. The van der Waals surface area contributed by atoms with Crippen LogP contribution in [0.5, 0.6) is 0 Å². The van der Waals surface area contributed by atoms with Gasteiger partial charge in [0.1, 0.15) is 5.78 Å². The van der Waals surface area contributed by atoms with E-state index in [0.29, 0.717) is 5.02 Å². The van der Waals surface area contributed by atoms with E-state index in [4.69, 9.17) is 11.6 Å². The Morgan fingerprint density at radius 1 is 1.33 bits per heavy atom. The molecule has 0 saturated heterocycles.